The number of nitrogens with one attached hydrogen (secondary N) is 2. The van der Waals surface area contributed by atoms with Crippen LogP contribution in [0.5, 0.6) is 0 Å². The van der Waals surface area contributed by atoms with E-state index in [9.17, 15) is 0 Å². The van der Waals surface area contributed by atoms with Gasteiger partial charge in [-0.3, -0.25) is 0 Å². The molecule has 0 fully saturated rings. The van der Waals surface area contributed by atoms with Crippen molar-refractivity contribution in [2.45, 2.75) is 0 Å². The molecule has 0 saturated carbocycles. The molecular weight excluding hydrogens is 310 g/mol. The quantitative estimate of drug-likeness (QED) is 0.740. The van der Waals surface area contributed by atoms with Crippen LogP contribution in [0.1, 0.15) is 5.56 Å². The summed E-state index contributed by atoms with van der Waals surface area (Å²) in [6, 6.07) is 18.4. The molecule has 1 heterocycles. The van der Waals surface area contributed by atoms with Gasteiger partial charge >= 0.3 is 0 Å². The fraction of sp³-hybridized carbons (Fsp3) is 0. The molecule has 0 bridgehead atoms. The van der Waals surface area contributed by atoms with Crippen LogP contribution in [0.3, 0.4) is 0 Å². The van der Waals surface area contributed by atoms with Gasteiger partial charge in [-0.25, -0.2) is 9.97 Å². The summed E-state index contributed by atoms with van der Waals surface area (Å²) in [5.74, 6) is 1.30. The molecule has 2 aromatic carbocycles. The molecule has 3 rings (SSSR count). The highest BCUT2D eigenvalue weighted by Crippen LogP contribution is 2.21. The number of anilines is 4. The van der Waals surface area contributed by atoms with Crippen LogP contribution in [0.15, 0.2) is 60.9 Å². The Kier molecular flexibility index (Phi) is 4.37. The normalized spacial score (nSPS) is 9.91. The number of nitrogens with zero attached hydrogens (tertiary/aromatic N) is 3. The van der Waals surface area contributed by atoms with E-state index in [1.165, 1.54) is 6.33 Å². The van der Waals surface area contributed by atoms with Crippen LogP contribution >= 0.6 is 11.6 Å². The van der Waals surface area contributed by atoms with Crippen molar-refractivity contribution in [2.24, 2.45) is 0 Å². The predicted octanol–water partition coefficient (Wildman–Crippen LogP) is 4.49. The van der Waals surface area contributed by atoms with Crippen LogP contribution in [0.2, 0.25) is 5.02 Å². The Morgan fingerprint density at radius 2 is 1.57 bits per heavy atom. The summed E-state index contributed by atoms with van der Waals surface area (Å²) in [5, 5.41) is 15.8. The zero-order valence-corrected chi connectivity index (χ0v) is 12.7. The predicted molar refractivity (Wildman–Crippen MR) is 91.2 cm³/mol. The Morgan fingerprint density at radius 1 is 0.870 bits per heavy atom. The zero-order chi connectivity index (χ0) is 16.1. The third-order valence-corrected chi connectivity index (χ3v) is 3.29. The minimum Gasteiger partial charge on any atom is -0.340 e. The van der Waals surface area contributed by atoms with E-state index in [-0.39, 0.29) is 0 Å². The maximum Gasteiger partial charge on any atom is 0.135 e. The lowest BCUT2D eigenvalue weighted by atomic mass is 10.2. The molecule has 0 aliphatic heterocycles. The summed E-state index contributed by atoms with van der Waals surface area (Å²) in [6.07, 6.45) is 1.47. The van der Waals surface area contributed by atoms with Gasteiger partial charge in [-0.2, -0.15) is 5.26 Å². The third kappa shape index (κ3) is 3.96. The van der Waals surface area contributed by atoms with Crippen LogP contribution in [0.25, 0.3) is 0 Å². The summed E-state index contributed by atoms with van der Waals surface area (Å²) in [4.78, 5) is 8.37. The van der Waals surface area contributed by atoms with Crippen molar-refractivity contribution in [3.05, 3.63) is 71.5 Å². The Morgan fingerprint density at radius 3 is 2.22 bits per heavy atom. The molecule has 0 aliphatic rings. The van der Waals surface area contributed by atoms with E-state index in [1.54, 1.807) is 18.2 Å². The average Bonchev–Trinajstić information content (AvgIpc) is 2.56. The van der Waals surface area contributed by atoms with Gasteiger partial charge in [0.05, 0.1) is 11.6 Å². The molecule has 0 saturated heterocycles. The molecule has 0 aliphatic carbocycles. The van der Waals surface area contributed by atoms with E-state index in [0.717, 1.165) is 11.4 Å². The smallest absolute Gasteiger partial charge is 0.135 e. The number of hydrogen-bond donors (Lipinski definition) is 2. The van der Waals surface area contributed by atoms with Crippen LogP contribution in [-0.2, 0) is 0 Å². The van der Waals surface area contributed by atoms with E-state index >= 15 is 0 Å². The van der Waals surface area contributed by atoms with Crippen molar-refractivity contribution in [1.29, 1.82) is 5.26 Å². The summed E-state index contributed by atoms with van der Waals surface area (Å²) in [7, 11) is 0. The monoisotopic (exact) mass is 321 g/mol. The number of rotatable bonds is 4. The molecule has 0 spiro atoms. The SMILES string of the molecule is N#Cc1ccc(Nc2cc(Nc3cccc(Cl)c3)ncn2)cc1. The second-order valence-corrected chi connectivity index (χ2v) is 5.17. The molecule has 6 heteroatoms. The van der Waals surface area contributed by atoms with Crippen LogP contribution < -0.4 is 10.6 Å². The number of benzene rings is 2. The van der Waals surface area contributed by atoms with Crippen molar-refractivity contribution < 1.29 is 0 Å². The second-order valence-electron chi connectivity index (χ2n) is 4.74. The lowest BCUT2D eigenvalue weighted by molar-refractivity contribution is 1.17. The van der Waals surface area contributed by atoms with E-state index in [0.29, 0.717) is 22.2 Å². The minimum atomic E-state index is 0.613. The van der Waals surface area contributed by atoms with Gasteiger partial charge < -0.3 is 10.6 Å². The van der Waals surface area contributed by atoms with E-state index < -0.39 is 0 Å². The van der Waals surface area contributed by atoms with Gasteiger partial charge in [0.2, 0.25) is 0 Å². The average molecular weight is 322 g/mol. The lowest BCUT2D eigenvalue weighted by Crippen LogP contribution is -1.98. The van der Waals surface area contributed by atoms with Gasteiger partial charge in [-0.15, -0.1) is 0 Å². The molecule has 0 radical (unpaired) electrons. The fourth-order valence-electron chi connectivity index (χ4n) is 1.98. The first kappa shape index (κ1) is 14.8. The molecule has 112 valence electrons. The first-order valence-corrected chi connectivity index (χ1v) is 7.22. The van der Waals surface area contributed by atoms with Gasteiger partial charge in [0, 0.05) is 22.5 Å². The van der Waals surface area contributed by atoms with Gasteiger partial charge in [0.25, 0.3) is 0 Å². The molecule has 23 heavy (non-hydrogen) atoms. The Hall–Kier alpha value is -3.10. The minimum absolute atomic E-state index is 0.613. The maximum atomic E-state index is 8.81. The zero-order valence-electron chi connectivity index (χ0n) is 12.0. The maximum absolute atomic E-state index is 8.81. The summed E-state index contributed by atoms with van der Waals surface area (Å²) in [6.45, 7) is 0. The Bertz CT molecular complexity index is 855. The van der Waals surface area contributed by atoms with Gasteiger partial charge in [-0.1, -0.05) is 17.7 Å². The molecule has 0 atom stereocenters. The number of halogens is 1. The molecule has 5 nitrogen and oxygen atoms in total. The Balaban J connectivity index is 1.75. The van der Waals surface area contributed by atoms with E-state index in [2.05, 4.69) is 26.7 Å². The summed E-state index contributed by atoms with van der Waals surface area (Å²) in [5.41, 5.74) is 2.30. The van der Waals surface area contributed by atoms with Crippen molar-refractivity contribution in [1.82, 2.24) is 9.97 Å². The van der Waals surface area contributed by atoms with Crippen molar-refractivity contribution >= 4 is 34.6 Å². The van der Waals surface area contributed by atoms with Crippen LogP contribution in [0, 0.1) is 11.3 Å². The molecular formula is C17H12ClN5. The molecule has 1 aromatic heterocycles. The largest absolute Gasteiger partial charge is 0.340 e. The highest BCUT2D eigenvalue weighted by Gasteiger charge is 2.01. The molecule has 2 N–H and O–H groups in total. The third-order valence-electron chi connectivity index (χ3n) is 3.05. The highest BCUT2D eigenvalue weighted by atomic mass is 35.5. The van der Waals surface area contributed by atoms with E-state index in [1.807, 2.05) is 36.4 Å². The van der Waals surface area contributed by atoms with Gasteiger partial charge in [-0.05, 0) is 42.5 Å². The Labute approximate surface area is 138 Å². The van der Waals surface area contributed by atoms with Crippen LogP contribution in [-0.4, -0.2) is 9.97 Å². The van der Waals surface area contributed by atoms with Crippen molar-refractivity contribution in [3.63, 3.8) is 0 Å². The van der Waals surface area contributed by atoms with E-state index in [4.69, 9.17) is 16.9 Å². The topological polar surface area (TPSA) is 73.6 Å². The summed E-state index contributed by atoms with van der Waals surface area (Å²) < 4.78 is 0. The van der Waals surface area contributed by atoms with Crippen LogP contribution in [0.4, 0.5) is 23.0 Å². The second kappa shape index (κ2) is 6.77. The summed E-state index contributed by atoms with van der Waals surface area (Å²) >= 11 is 5.97. The number of aromatic nitrogens is 2. The van der Waals surface area contributed by atoms with Gasteiger partial charge in [0.15, 0.2) is 0 Å². The lowest BCUT2D eigenvalue weighted by Gasteiger charge is -2.09. The molecule has 0 amide bonds. The first-order chi connectivity index (χ1) is 11.2. The number of nitriles is 1. The van der Waals surface area contributed by atoms with Gasteiger partial charge in [0.1, 0.15) is 18.0 Å². The highest BCUT2D eigenvalue weighted by molar-refractivity contribution is 6.30. The standard InChI is InChI=1S/C17H12ClN5/c18-13-2-1-3-15(8-13)23-17-9-16(20-11-21-17)22-14-6-4-12(10-19)5-7-14/h1-9,11H,(H2,20,21,22,23). The first-order valence-electron chi connectivity index (χ1n) is 6.85. The molecule has 3 aromatic rings. The fourth-order valence-corrected chi connectivity index (χ4v) is 2.17. The molecule has 0 unspecified atom stereocenters. The number of hydrogen-bond acceptors (Lipinski definition) is 5. The van der Waals surface area contributed by atoms with Crippen molar-refractivity contribution in [3.8, 4) is 6.07 Å². The van der Waals surface area contributed by atoms with Crippen molar-refractivity contribution in [2.75, 3.05) is 10.6 Å².